The number of sulfonamides is 1. The van der Waals surface area contributed by atoms with Gasteiger partial charge in [0.1, 0.15) is 6.61 Å². The molecule has 1 saturated heterocycles. The van der Waals surface area contributed by atoms with E-state index in [4.69, 9.17) is 4.74 Å². The van der Waals surface area contributed by atoms with Crippen LogP contribution < -0.4 is 14.9 Å². The zero-order valence-corrected chi connectivity index (χ0v) is 19.3. The lowest BCUT2D eigenvalue weighted by Crippen LogP contribution is -2.41. The Bertz CT molecular complexity index is 1340. The van der Waals surface area contributed by atoms with Crippen LogP contribution in [0, 0.1) is 0 Å². The average Bonchev–Trinajstić information content (AvgIpc) is 3.18. The number of amides is 2. The standard InChI is InChI=1S/C22H25N5O6S/c1-23-34(31,32)17-5-2-4-15(12-17)21(30)25-22-24-18-13-16(26-9-11-33-14-20(26)29)6-7-19(18)27(22)8-3-10-28/h2,4-7,12-13,23,28H,3,8-11,14H2,1H3,(H,24,25,30). The molecule has 2 heterocycles. The summed E-state index contributed by atoms with van der Waals surface area (Å²) in [6.07, 6.45) is 0.438. The number of benzene rings is 2. The fraction of sp³-hybridized carbons (Fsp3) is 0.318. The first kappa shape index (κ1) is 23.8. The summed E-state index contributed by atoms with van der Waals surface area (Å²) in [6.45, 7) is 1.25. The molecular formula is C22H25N5O6S. The predicted octanol–water partition coefficient (Wildman–Crippen LogP) is 0.942. The number of nitrogens with zero attached hydrogens (tertiary/aromatic N) is 3. The number of morpholine rings is 1. The van der Waals surface area contributed by atoms with Crippen molar-refractivity contribution in [3.8, 4) is 0 Å². The quantitative estimate of drug-likeness (QED) is 0.429. The fourth-order valence-electron chi connectivity index (χ4n) is 3.72. The largest absolute Gasteiger partial charge is 0.396 e. The Morgan fingerprint density at radius 3 is 2.79 bits per heavy atom. The monoisotopic (exact) mass is 487 g/mol. The number of nitrogens with one attached hydrogen (secondary N) is 2. The van der Waals surface area contributed by atoms with Gasteiger partial charge in [0.2, 0.25) is 16.0 Å². The number of aromatic nitrogens is 2. The number of fused-ring (bicyclic) bond motifs is 1. The third kappa shape index (κ3) is 4.80. The van der Waals surface area contributed by atoms with Gasteiger partial charge in [0.25, 0.3) is 11.8 Å². The van der Waals surface area contributed by atoms with Gasteiger partial charge in [0, 0.05) is 30.9 Å². The van der Waals surface area contributed by atoms with Crippen molar-refractivity contribution in [1.29, 1.82) is 0 Å². The number of ether oxygens (including phenoxy) is 1. The molecule has 1 aliphatic heterocycles. The molecule has 3 N–H and O–H groups in total. The number of aryl methyl sites for hydroxylation is 1. The molecule has 12 heteroatoms. The van der Waals surface area contributed by atoms with E-state index < -0.39 is 15.9 Å². The summed E-state index contributed by atoms with van der Waals surface area (Å²) in [6, 6.07) is 11.1. The van der Waals surface area contributed by atoms with Crippen molar-refractivity contribution < 1.29 is 27.9 Å². The first-order chi connectivity index (χ1) is 16.3. The maximum atomic E-state index is 12.9. The normalized spacial score (nSPS) is 14.5. The molecule has 1 aliphatic rings. The van der Waals surface area contributed by atoms with Gasteiger partial charge >= 0.3 is 0 Å². The van der Waals surface area contributed by atoms with Crippen molar-refractivity contribution in [2.45, 2.75) is 17.9 Å². The number of rotatable bonds is 8. The van der Waals surface area contributed by atoms with Crippen LogP contribution in [0.2, 0.25) is 0 Å². The SMILES string of the molecule is CNS(=O)(=O)c1cccc(C(=O)Nc2nc3cc(N4CCOCC4=O)ccc3n2CCCO)c1. The van der Waals surface area contributed by atoms with E-state index in [1.807, 2.05) is 6.07 Å². The molecule has 3 aromatic rings. The lowest BCUT2D eigenvalue weighted by molar-refractivity contribution is -0.125. The van der Waals surface area contributed by atoms with Crippen molar-refractivity contribution in [1.82, 2.24) is 14.3 Å². The van der Waals surface area contributed by atoms with E-state index in [1.165, 1.54) is 31.3 Å². The molecule has 180 valence electrons. The van der Waals surface area contributed by atoms with Gasteiger partial charge < -0.3 is 19.3 Å². The van der Waals surface area contributed by atoms with Gasteiger partial charge in [-0.15, -0.1) is 0 Å². The van der Waals surface area contributed by atoms with Crippen LogP contribution in [0.1, 0.15) is 16.8 Å². The van der Waals surface area contributed by atoms with Crippen LogP contribution in [-0.4, -0.2) is 68.3 Å². The highest BCUT2D eigenvalue weighted by Crippen LogP contribution is 2.27. The van der Waals surface area contributed by atoms with Gasteiger partial charge in [-0.2, -0.15) is 0 Å². The first-order valence-electron chi connectivity index (χ1n) is 10.7. The molecular weight excluding hydrogens is 462 g/mol. The number of aliphatic hydroxyl groups is 1. The second-order valence-electron chi connectivity index (χ2n) is 7.62. The van der Waals surface area contributed by atoms with E-state index in [0.29, 0.717) is 37.3 Å². The van der Waals surface area contributed by atoms with E-state index in [1.54, 1.807) is 21.6 Å². The van der Waals surface area contributed by atoms with Crippen molar-refractivity contribution in [2.75, 3.05) is 43.6 Å². The number of hydrogen-bond acceptors (Lipinski definition) is 7. The minimum absolute atomic E-state index is 0.0205. The molecule has 0 atom stereocenters. The van der Waals surface area contributed by atoms with Gasteiger partial charge in [-0.1, -0.05) is 6.07 Å². The van der Waals surface area contributed by atoms with Crippen molar-refractivity contribution >= 4 is 44.5 Å². The van der Waals surface area contributed by atoms with Gasteiger partial charge in [-0.3, -0.25) is 14.9 Å². The van der Waals surface area contributed by atoms with E-state index >= 15 is 0 Å². The van der Waals surface area contributed by atoms with Gasteiger partial charge in [-0.05, 0) is 49.9 Å². The van der Waals surface area contributed by atoms with Crippen LogP contribution in [0.5, 0.6) is 0 Å². The fourth-order valence-corrected chi connectivity index (χ4v) is 4.50. The second-order valence-corrected chi connectivity index (χ2v) is 9.51. The molecule has 4 rings (SSSR count). The van der Waals surface area contributed by atoms with Crippen LogP contribution in [0.25, 0.3) is 11.0 Å². The second kappa shape index (κ2) is 9.89. The van der Waals surface area contributed by atoms with Crippen LogP contribution in [0.4, 0.5) is 11.6 Å². The Labute approximate surface area is 196 Å². The zero-order chi connectivity index (χ0) is 24.3. The number of carbonyl (C=O) groups is 2. The Morgan fingerprint density at radius 2 is 2.06 bits per heavy atom. The molecule has 0 aliphatic carbocycles. The number of carbonyl (C=O) groups excluding carboxylic acids is 2. The van der Waals surface area contributed by atoms with E-state index in [0.717, 1.165) is 5.52 Å². The molecule has 2 amide bonds. The summed E-state index contributed by atoms with van der Waals surface area (Å²) in [5, 5.41) is 12.1. The molecule has 1 aromatic heterocycles. The minimum atomic E-state index is -3.71. The van der Waals surface area contributed by atoms with Gasteiger partial charge in [-0.25, -0.2) is 18.1 Å². The summed E-state index contributed by atoms with van der Waals surface area (Å²) in [5.74, 6) is -0.423. The highest BCUT2D eigenvalue weighted by atomic mass is 32.2. The molecule has 0 spiro atoms. The van der Waals surface area contributed by atoms with Crippen LogP contribution in [-0.2, 0) is 26.1 Å². The Balaban J connectivity index is 1.67. The summed E-state index contributed by atoms with van der Waals surface area (Å²) < 4.78 is 33.4. The predicted molar refractivity (Wildman–Crippen MR) is 125 cm³/mol. The van der Waals surface area contributed by atoms with E-state index in [9.17, 15) is 23.1 Å². The zero-order valence-electron chi connectivity index (χ0n) is 18.5. The maximum absolute atomic E-state index is 12.9. The average molecular weight is 488 g/mol. The van der Waals surface area contributed by atoms with Crippen molar-refractivity contribution in [3.05, 3.63) is 48.0 Å². The number of imidazole rings is 1. The smallest absolute Gasteiger partial charge is 0.258 e. The maximum Gasteiger partial charge on any atom is 0.258 e. The van der Waals surface area contributed by atoms with Crippen LogP contribution in [0.3, 0.4) is 0 Å². The Hall–Kier alpha value is -3.32. The number of anilines is 2. The molecule has 34 heavy (non-hydrogen) atoms. The topological polar surface area (TPSA) is 143 Å². The van der Waals surface area contributed by atoms with Crippen molar-refractivity contribution in [2.24, 2.45) is 0 Å². The minimum Gasteiger partial charge on any atom is -0.396 e. The van der Waals surface area contributed by atoms with Crippen LogP contribution >= 0.6 is 0 Å². The summed E-state index contributed by atoms with van der Waals surface area (Å²) in [5.41, 5.74) is 2.11. The molecule has 11 nitrogen and oxygen atoms in total. The molecule has 1 fully saturated rings. The van der Waals surface area contributed by atoms with E-state index in [-0.39, 0.29) is 35.5 Å². The lowest BCUT2D eigenvalue weighted by atomic mass is 10.2. The highest BCUT2D eigenvalue weighted by molar-refractivity contribution is 7.89. The Kier molecular flexibility index (Phi) is 6.93. The molecule has 2 aromatic carbocycles. The third-order valence-electron chi connectivity index (χ3n) is 5.47. The lowest BCUT2D eigenvalue weighted by Gasteiger charge is -2.26. The van der Waals surface area contributed by atoms with Gasteiger partial charge in [0.15, 0.2) is 0 Å². The first-order valence-corrected chi connectivity index (χ1v) is 12.2. The number of aliphatic hydroxyl groups excluding tert-OH is 1. The molecule has 0 saturated carbocycles. The third-order valence-corrected chi connectivity index (χ3v) is 6.88. The molecule has 0 radical (unpaired) electrons. The summed E-state index contributed by atoms with van der Waals surface area (Å²) in [7, 11) is -2.41. The Morgan fingerprint density at radius 1 is 1.24 bits per heavy atom. The number of hydrogen-bond donors (Lipinski definition) is 3. The summed E-state index contributed by atoms with van der Waals surface area (Å²) >= 11 is 0. The summed E-state index contributed by atoms with van der Waals surface area (Å²) in [4.78, 5) is 31.3. The highest BCUT2D eigenvalue weighted by Gasteiger charge is 2.22. The van der Waals surface area contributed by atoms with Gasteiger partial charge in [0.05, 0.1) is 22.5 Å². The van der Waals surface area contributed by atoms with Crippen LogP contribution in [0.15, 0.2) is 47.4 Å². The van der Waals surface area contributed by atoms with E-state index in [2.05, 4.69) is 15.0 Å². The molecule has 0 bridgehead atoms. The van der Waals surface area contributed by atoms with Crippen molar-refractivity contribution in [3.63, 3.8) is 0 Å². The molecule has 0 unspecified atom stereocenters.